The van der Waals surface area contributed by atoms with Crippen LogP contribution in [0, 0.1) is 0 Å². The molecule has 7 heteroatoms. The van der Waals surface area contributed by atoms with Gasteiger partial charge in [-0.2, -0.15) is 13.2 Å². The molecule has 1 amide bonds. The molecular weight excluding hydrogens is 261 g/mol. The van der Waals surface area contributed by atoms with Crippen molar-refractivity contribution >= 4 is 11.6 Å². The van der Waals surface area contributed by atoms with Gasteiger partial charge in [0.2, 0.25) is 0 Å². The van der Waals surface area contributed by atoms with Crippen molar-refractivity contribution in [1.82, 2.24) is 4.90 Å². The quantitative estimate of drug-likeness (QED) is 0.837. The minimum Gasteiger partial charge on any atom is -0.372 e. The van der Waals surface area contributed by atoms with Crippen LogP contribution in [-0.4, -0.2) is 48.0 Å². The summed E-state index contributed by atoms with van der Waals surface area (Å²) in [6.45, 7) is -0.259. The number of carbonyl (C=O) groups excluding carboxylic acids is 1. The third-order valence-corrected chi connectivity index (χ3v) is 2.97. The van der Waals surface area contributed by atoms with E-state index in [-0.39, 0.29) is 19.6 Å². The van der Waals surface area contributed by atoms with Crippen LogP contribution >= 0.6 is 0 Å². The van der Waals surface area contributed by atoms with Gasteiger partial charge in [0.25, 0.3) is 0 Å². The van der Waals surface area contributed by atoms with Gasteiger partial charge in [0.1, 0.15) is 6.23 Å². The van der Waals surface area contributed by atoms with Crippen molar-refractivity contribution in [3.8, 4) is 0 Å². The summed E-state index contributed by atoms with van der Waals surface area (Å²) in [5, 5.41) is 9.87. The molecule has 0 aromatic heterocycles. The summed E-state index contributed by atoms with van der Waals surface area (Å²) in [4.78, 5) is 13.3. The Bertz CT molecular complexity index is 450. The van der Waals surface area contributed by atoms with Gasteiger partial charge in [0.15, 0.2) is 0 Å². The Morgan fingerprint density at radius 1 is 1.21 bits per heavy atom. The van der Waals surface area contributed by atoms with E-state index in [4.69, 9.17) is 0 Å². The number of carbonyl (C=O) groups is 1. The topological polar surface area (TPSA) is 43.8 Å². The lowest BCUT2D eigenvalue weighted by atomic mass is 10.2. The Morgan fingerprint density at radius 3 is 2.37 bits per heavy atom. The molecule has 1 aliphatic rings. The zero-order valence-corrected chi connectivity index (χ0v) is 9.97. The molecule has 2 rings (SSSR count). The lowest BCUT2D eigenvalue weighted by Gasteiger charge is -2.40. The monoisotopic (exact) mass is 274 g/mol. The molecule has 0 bridgehead atoms. The van der Waals surface area contributed by atoms with Gasteiger partial charge in [-0.1, -0.05) is 18.2 Å². The highest BCUT2D eigenvalue weighted by molar-refractivity contribution is 5.82. The molecule has 1 aromatic rings. The molecule has 4 nitrogen and oxygen atoms in total. The van der Waals surface area contributed by atoms with Crippen molar-refractivity contribution < 1.29 is 23.1 Å². The molecule has 104 valence electrons. The number of anilines is 1. The first-order valence-corrected chi connectivity index (χ1v) is 5.75. The van der Waals surface area contributed by atoms with Crippen LogP contribution in [0.2, 0.25) is 0 Å². The third-order valence-electron chi connectivity index (χ3n) is 2.97. The molecule has 0 aliphatic carbocycles. The van der Waals surface area contributed by atoms with Gasteiger partial charge in [-0.25, -0.2) is 0 Å². The van der Waals surface area contributed by atoms with Gasteiger partial charge in [-0.3, -0.25) is 4.79 Å². The number of piperazine rings is 1. The van der Waals surface area contributed by atoms with E-state index in [1.807, 2.05) is 0 Å². The first-order valence-electron chi connectivity index (χ1n) is 5.75. The maximum absolute atomic E-state index is 12.3. The number of rotatable bonds is 1. The second-order valence-electron chi connectivity index (χ2n) is 4.26. The summed E-state index contributed by atoms with van der Waals surface area (Å²) in [6, 6.07) is 8.86. The van der Waals surface area contributed by atoms with E-state index in [0.717, 1.165) is 0 Å². The van der Waals surface area contributed by atoms with Gasteiger partial charge in [-0.15, -0.1) is 0 Å². The number of aliphatic hydroxyl groups is 1. The van der Waals surface area contributed by atoms with Crippen LogP contribution in [0.15, 0.2) is 30.3 Å². The maximum Gasteiger partial charge on any atom is 0.471 e. The lowest BCUT2D eigenvalue weighted by molar-refractivity contribution is -0.187. The second-order valence-corrected chi connectivity index (χ2v) is 4.26. The minimum atomic E-state index is -4.89. The second kappa shape index (κ2) is 5.08. The molecule has 1 atom stereocenters. The van der Waals surface area contributed by atoms with Crippen molar-refractivity contribution in [2.75, 3.05) is 24.5 Å². The van der Waals surface area contributed by atoms with Crippen molar-refractivity contribution in [2.45, 2.75) is 12.4 Å². The van der Waals surface area contributed by atoms with Crippen LogP contribution in [0.1, 0.15) is 0 Å². The van der Waals surface area contributed by atoms with Crippen LogP contribution in [0.3, 0.4) is 0 Å². The highest BCUT2D eigenvalue weighted by atomic mass is 19.4. The predicted octanol–water partition coefficient (Wildman–Crippen LogP) is 1.22. The van der Waals surface area contributed by atoms with Crippen molar-refractivity contribution in [3.63, 3.8) is 0 Å². The molecular formula is C12H13F3N2O2. The van der Waals surface area contributed by atoms with Gasteiger partial charge >= 0.3 is 12.1 Å². The largest absolute Gasteiger partial charge is 0.471 e. The fourth-order valence-corrected chi connectivity index (χ4v) is 2.05. The highest BCUT2D eigenvalue weighted by Gasteiger charge is 2.44. The summed E-state index contributed by atoms with van der Waals surface area (Å²) in [7, 11) is 0. The van der Waals surface area contributed by atoms with Crippen molar-refractivity contribution in [3.05, 3.63) is 30.3 Å². The lowest BCUT2D eigenvalue weighted by Crippen LogP contribution is -2.57. The first-order chi connectivity index (χ1) is 8.89. The number of benzene rings is 1. The highest BCUT2D eigenvalue weighted by Crippen LogP contribution is 2.23. The molecule has 19 heavy (non-hydrogen) atoms. The van der Waals surface area contributed by atoms with Crippen LogP contribution < -0.4 is 4.90 Å². The number of halogens is 3. The zero-order valence-electron chi connectivity index (χ0n) is 9.97. The van der Waals surface area contributed by atoms with Gasteiger partial charge in [0.05, 0.1) is 6.54 Å². The average molecular weight is 274 g/mol. The maximum atomic E-state index is 12.3. The molecule has 1 fully saturated rings. The molecule has 0 radical (unpaired) electrons. The van der Waals surface area contributed by atoms with E-state index in [9.17, 15) is 23.1 Å². The smallest absolute Gasteiger partial charge is 0.372 e. The zero-order chi connectivity index (χ0) is 14.0. The van der Waals surface area contributed by atoms with Crippen LogP contribution in [-0.2, 0) is 4.79 Å². The van der Waals surface area contributed by atoms with E-state index in [0.29, 0.717) is 10.6 Å². The Morgan fingerprint density at radius 2 is 1.84 bits per heavy atom. The minimum absolute atomic E-state index is 0.0652. The molecule has 1 unspecified atom stereocenters. The fourth-order valence-electron chi connectivity index (χ4n) is 2.05. The summed E-state index contributed by atoms with van der Waals surface area (Å²) >= 11 is 0. The van der Waals surface area contributed by atoms with Crippen molar-refractivity contribution in [2.24, 2.45) is 0 Å². The molecule has 1 heterocycles. The van der Waals surface area contributed by atoms with Gasteiger partial charge in [0, 0.05) is 18.8 Å². The number of aliphatic hydroxyl groups excluding tert-OH is 1. The SMILES string of the molecule is O=C(N1CCN(c2ccccc2)C(O)C1)C(F)(F)F. The predicted molar refractivity (Wildman–Crippen MR) is 62.4 cm³/mol. The first kappa shape index (κ1) is 13.7. The Kier molecular flexibility index (Phi) is 3.66. The molecule has 1 saturated heterocycles. The number of alkyl halides is 3. The number of hydrogen-bond donors (Lipinski definition) is 1. The molecule has 1 aromatic carbocycles. The summed E-state index contributed by atoms with van der Waals surface area (Å²) in [5.74, 6) is -1.90. The molecule has 0 saturated carbocycles. The molecule has 1 N–H and O–H groups in total. The molecule has 1 aliphatic heterocycles. The number of nitrogens with zero attached hydrogens (tertiary/aromatic N) is 2. The fraction of sp³-hybridized carbons (Fsp3) is 0.417. The number of β-amino-alcohol motifs (C(OH)–C–C–N with tert-alkyl or cyclic N) is 1. The summed E-state index contributed by atoms with van der Waals surface area (Å²) in [6.07, 6.45) is -6.03. The van der Waals surface area contributed by atoms with Crippen molar-refractivity contribution in [1.29, 1.82) is 0 Å². The standard InChI is InChI=1S/C12H13F3N2O2/c13-12(14,15)11(19)16-6-7-17(10(18)8-16)9-4-2-1-3-5-9/h1-5,10,18H,6-8H2. The molecule has 0 spiro atoms. The van der Waals surface area contributed by atoms with Crippen LogP contribution in [0.5, 0.6) is 0 Å². The Balaban J connectivity index is 2.05. The van der Waals surface area contributed by atoms with Gasteiger partial charge < -0.3 is 14.9 Å². The van der Waals surface area contributed by atoms with E-state index in [1.165, 1.54) is 0 Å². The van der Waals surface area contributed by atoms with E-state index < -0.39 is 18.3 Å². The summed E-state index contributed by atoms with van der Waals surface area (Å²) < 4.78 is 36.9. The number of amides is 1. The normalized spacial score (nSPS) is 20.5. The van der Waals surface area contributed by atoms with E-state index in [1.54, 1.807) is 35.2 Å². The van der Waals surface area contributed by atoms with Gasteiger partial charge in [-0.05, 0) is 12.1 Å². The Hall–Kier alpha value is -1.76. The average Bonchev–Trinajstić information content (AvgIpc) is 2.37. The third kappa shape index (κ3) is 2.98. The van der Waals surface area contributed by atoms with Crippen LogP contribution in [0.25, 0.3) is 0 Å². The van der Waals surface area contributed by atoms with Crippen LogP contribution in [0.4, 0.5) is 18.9 Å². The summed E-state index contributed by atoms with van der Waals surface area (Å²) in [5.41, 5.74) is 0.717. The Labute approximate surface area is 108 Å². The number of hydrogen-bond acceptors (Lipinski definition) is 3. The number of para-hydroxylation sites is 1. The van der Waals surface area contributed by atoms with E-state index >= 15 is 0 Å². The van der Waals surface area contributed by atoms with E-state index in [2.05, 4.69) is 0 Å².